The van der Waals surface area contributed by atoms with Gasteiger partial charge in [-0.2, -0.15) is 4.98 Å². The van der Waals surface area contributed by atoms with Crippen molar-refractivity contribution in [2.45, 2.75) is 39.0 Å². The number of nitrogens with one attached hydrogen (secondary N) is 1. The monoisotopic (exact) mass is 331 g/mol. The molecule has 1 aliphatic rings. The number of rotatable bonds is 6. The Labute approximate surface area is 140 Å². The summed E-state index contributed by atoms with van der Waals surface area (Å²) in [6, 6.07) is 5.87. The summed E-state index contributed by atoms with van der Waals surface area (Å²) in [5, 5.41) is 6.67. The Morgan fingerprint density at radius 1 is 1.29 bits per heavy atom. The number of aryl methyl sites for hydroxylation is 2. The number of aromatic nitrogens is 2. The molecular weight excluding hydrogens is 310 g/mol. The van der Waals surface area contributed by atoms with Crippen LogP contribution in [0.2, 0.25) is 0 Å². The number of hydrogen-bond donors (Lipinski definition) is 1. The zero-order valence-corrected chi connectivity index (χ0v) is 14.1. The second-order valence-corrected chi connectivity index (χ2v) is 6.46. The molecule has 0 radical (unpaired) electrons. The van der Waals surface area contributed by atoms with E-state index in [1.165, 1.54) is 0 Å². The summed E-state index contributed by atoms with van der Waals surface area (Å²) in [5.41, 5.74) is 0.858. The molecule has 0 unspecified atom stereocenters. The summed E-state index contributed by atoms with van der Waals surface area (Å²) in [7, 11) is 0. The molecule has 2 aromatic rings. The van der Waals surface area contributed by atoms with E-state index in [-0.39, 0.29) is 18.1 Å². The summed E-state index contributed by atoms with van der Waals surface area (Å²) in [6.07, 6.45) is 0.760. The zero-order valence-electron chi connectivity index (χ0n) is 14.1. The second kappa shape index (κ2) is 6.51. The van der Waals surface area contributed by atoms with Crippen molar-refractivity contribution >= 4 is 5.91 Å². The van der Waals surface area contributed by atoms with Crippen molar-refractivity contribution in [2.75, 3.05) is 13.3 Å². The number of fused-ring (bicyclic) bond motifs is 1. The van der Waals surface area contributed by atoms with E-state index >= 15 is 0 Å². The second-order valence-electron chi connectivity index (χ2n) is 6.46. The van der Waals surface area contributed by atoms with Gasteiger partial charge in [-0.3, -0.25) is 4.79 Å². The fourth-order valence-corrected chi connectivity index (χ4v) is 2.49. The van der Waals surface area contributed by atoms with Gasteiger partial charge in [0.05, 0.1) is 0 Å². The third-order valence-corrected chi connectivity index (χ3v) is 4.02. The smallest absolute Gasteiger partial charge is 0.231 e. The Hall–Kier alpha value is -2.57. The molecule has 0 saturated carbocycles. The minimum absolute atomic E-state index is 0.0420. The number of carbonyl (C=O) groups is 1. The van der Waals surface area contributed by atoms with Crippen molar-refractivity contribution < 1.29 is 18.8 Å². The third kappa shape index (κ3) is 3.67. The van der Waals surface area contributed by atoms with Gasteiger partial charge in [0.1, 0.15) is 0 Å². The van der Waals surface area contributed by atoms with Crippen LogP contribution in [0.1, 0.15) is 37.5 Å². The Bertz CT molecular complexity index is 739. The molecule has 1 amide bonds. The van der Waals surface area contributed by atoms with Gasteiger partial charge in [-0.15, -0.1) is 0 Å². The zero-order chi connectivity index (χ0) is 17.2. The molecule has 1 aliphatic heterocycles. The number of ether oxygens (including phenoxy) is 2. The van der Waals surface area contributed by atoms with E-state index in [1.54, 1.807) is 6.92 Å². The van der Waals surface area contributed by atoms with Gasteiger partial charge in [-0.05, 0) is 24.6 Å². The van der Waals surface area contributed by atoms with Crippen LogP contribution in [0, 0.1) is 6.92 Å². The Kier molecular flexibility index (Phi) is 4.42. The minimum atomic E-state index is -0.224. The molecular formula is C17H21N3O4. The van der Waals surface area contributed by atoms with Crippen LogP contribution in [0.3, 0.4) is 0 Å². The Morgan fingerprint density at radius 3 is 2.83 bits per heavy atom. The molecule has 0 saturated heterocycles. The SMILES string of the molecule is Cc1noc(CCC(=O)NCC(C)(C)c2ccc3c(c2)OCO3)n1. The van der Waals surface area contributed by atoms with Gasteiger partial charge in [-0.1, -0.05) is 25.1 Å². The molecule has 0 atom stereocenters. The van der Waals surface area contributed by atoms with Gasteiger partial charge in [0.15, 0.2) is 17.3 Å². The van der Waals surface area contributed by atoms with Crippen LogP contribution in [-0.4, -0.2) is 29.4 Å². The molecule has 0 spiro atoms. The van der Waals surface area contributed by atoms with E-state index in [0.717, 1.165) is 17.1 Å². The van der Waals surface area contributed by atoms with Gasteiger partial charge in [0.25, 0.3) is 0 Å². The molecule has 0 bridgehead atoms. The minimum Gasteiger partial charge on any atom is -0.454 e. The summed E-state index contributed by atoms with van der Waals surface area (Å²) in [6.45, 7) is 6.68. The maximum Gasteiger partial charge on any atom is 0.231 e. The maximum atomic E-state index is 12.0. The van der Waals surface area contributed by atoms with Gasteiger partial charge in [0.2, 0.25) is 18.6 Å². The van der Waals surface area contributed by atoms with Gasteiger partial charge >= 0.3 is 0 Å². The maximum absolute atomic E-state index is 12.0. The number of amides is 1. The largest absolute Gasteiger partial charge is 0.454 e. The summed E-state index contributed by atoms with van der Waals surface area (Å²) in [4.78, 5) is 16.1. The highest BCUT2D eigenvalue weighted by Crippen LogP contribution is 2.36. The van der Waals surface area contributed by atoms with Crippen molar-refractivity contribution in [1.29, 1.82) is 0 Å². The molecule has 0 fully saturated rings. The molecule has 2 heterocycles. The molecule has 1 aromatic carbocycles. The lowest BCUT2D eigenvalue weighted by Gasteiger charge is -2.26. The quantitative estimate of drug-likeness (QED) is 0.872. The Balaban J connectivity index is 1.53. The van der Waals surface area contributed by atoms with E-state index in [2.05, 4.69) is 29.3 Å². The Morgan fingerprint density at radius 2 is 2.08 bits per heavy atom. The van der Waals surface area contributed by atoms with Crippen molar-refractivity contribution in [3.63, 3.8) is 0 Å². The lowest BCUT2D eigenvalue weighted by molar-refractivity contribution is -0.121. The van der Waals surface area contributed by atoms with Crippen molar-refractivity contribution in [3.8, 4) is 11.5 Å². The first-order chi connectivity index (χ1) is 11.4. The third-order valence-electron chi connectivity index (χ3n) is 4.02. The van der Waals surface area contributed by atoms with Crippen molar-refractivity contribution in [2.24, 2.45) is 0 Å². The van der Waals surface area contributed by atoms with Crippen LogP contribution in [0.5, 0.6) is 11.5 Å². The van der Waals surface area contributed by atoms with Crippen LogP contribution in [0.25, 0.3) is 0 Å². The highest BCUT2D eigenvalue weighted by Gasteiger charge is 2.24. The standard InChI is InChI=1S/C17H21N3O4/c1-11-19-16(24-20-11)7-6-15(21)18-9-17(2,3)12-4-5-13-14(8-12)23-10-22-13/h4-5,8H,6-7,9-10H2,1-3H3,(H,18,21). The lowest BCUT2D eigenvalue weighted by atomic mass is 9.84. The predicted octanol–water partition coefficient (Wildman–Crippen LogP) is 2.13. The van der Waals surface area contributed by atoms with E-state index in [9.17, 15) is 4.79 Å². The topological polar surface area (TPSA) is 86.5 Å². The van der Waals surface area contributed by atoms with Crippen LogP contribution < -0.4 is 14.8 Å². The molecule has 7 heteroatoms. The molecule has 128 valence electrons. The normalized spacial score (nSPS) is 13.1. The first-order valence-electron chi connectivity index (χ1n) is 7.90. The molecule has 24 heavy (non-hydrogen) atoms. The van der Waals surface area contributed by atoms with E-state index in [4.69, 9.17) is 14.0 Å². The first-order valence-corrected chi connectivity index (χ1v) is 7.90. The molecule has 3 rings (SSSR count). The van der Waals surface area contributed by atoms with E-state index in [1.807, 2.05) is 18.2 Å². The van der Waals surface area contributed by atoms with Gasteiger partial charge in [-0.25, -0.2) is 0 Å². The molecule has 1 N–H and O–H groups in total. The van der Waals surface area contributed by atoms with E-state index in [0.29, 0.717) is 31.1 Å². The van der Waals surface area contributed by atoms with Crippen molar-refractivity contribution in [1.82, 2.24) is 15.5 Å². The summed E-state index contributed by atoms with van der Waals surface area (Å²) >= 11 is 0. The average molecular weight is 331 g/mol. The highest BCUT2D eigenvalue weighted by atomic mass is 16.7. The number of benzene rings is 1. The van der Waals surface area contributed by atoms with Gasteiger partial charge in [0, 0.05) is 24.8 Å². The predicted molar refractivity (Wildman–Crippen MR) is 86.0 cm³/mol. The van der Waals surface area contributed by atoms with Crippen LogP contribution in [0.15, 0.2) is 22.7 Å². The van der Waals surface area contributed by atoms with Crippen LogP contribution in [0.4, 0.5) is 0 Å². The average Bonchev–Trinajstić information content (AvgIpc) is 3.18. The van der Waals surface area contributed by atoms with Crippen LogP contribution >= 0.6 is 0 Å². The lowest BCUT2D eigenvalue weighted by Crippen LogP contribution is -2.36. The molecule has 0 aliphatic carbocycles. The number of carbonyl (C=O) groups excluding carboxylic acids is 1. The fraction of sp³-hybridized carbons (Fsp3) is 0.471. The van der Waals surface area contributed by atoms with Crippen LogP contribution in [-0.2, 0) is 16.6 Å². The molecule has 1 aromatic heterocycles. The summed E-state index contributed by atoms with van der Waals surface area (Å²) in [5.74, 6) is 2.53. The first kappa shape index (κ1) is 16.3. The fourth-order valence-electron chi connectivity index (χ4n) is 2.49. The molecule has 7 nitrogen and oxygen atoms in total. The van der Waals surface area contributed by atoms with Gasteiger partial charge < -0.3 is 19.3 Å². The number of nitrogens with zero attached hydrogens (tertiary/aromatic N) is 2. The van der Waals surface area contributed by atoms with Crippen molar-refractivity contribution in [3.05, 3.63) is 35.5 Å². The number of hydrogen-bond acceptors (Lipinski definition) is 6. The highest BCUT2D eigenvalue weighted by molar-refractivity contribution is 5.76. The summed E-state index contributed by atoms with van der Waals surface area (Å²) < 4.78 is 15.7. The van der Waals surface area contributed by atoms with E-state index < -0.39 is 0 Å².